The monoisotopic (exact) mass is 398 g/mol. The lowest BCUT2D eigenvalue weighted by atomic mass is 10.1. The van der Waals surface area contributed by atoms with Crippen LogP contribution in [0.5, 0.6) is 5.75 Å². The lowest BCUT2D eigenvalue weighted by Gasteiger charge is -2.10. The summed E-state index contributed by atoms with van der Waals surface area (Å²) in [5.41, 5.74) is 2.82. The van der Waals surface area contributed by atoms with Crippen molar-refractivity contribution in [2.45, 2.75) is 27.7 Å². The standard InChI is InChI=1S/C22H26N2O5/c1-14(2)12-28-18-8-6-17(7-9-18)21(26)29-13-20(25)24-22(27)23-19-10-5-15(3)11-16(19)4/h5-11,14H,12-13H2,1-4H3,(H2,23,24,25,27). The second-order valence-corrected chi connectivity index (χ2v) is 7.13. The minimum Gasteiger partial charge on any atom is -0.493 e. The molecule has 2 aromatic rings. The van der Waals surface area contributed by atoms with Crippen LogP contribution >= 0.6 is 0 Å². The molecule has 2 N–H and O–H groups in total. The van der Waals surface area contributed by atoms with Crippen LogP contribution in [0.3, 0.4) is 0 Å². The number of esters is 1. The van der Waals surface area contributed by atoms with Crippen molar-refractivity contribution in [3.63, 3.8) is 0 Å². The summed E-state index contributed by atoms with van der Waals surface area (Å²) in [7, 11) is 0. The maximum atomic E-state index is 12.0. The lowest BCUT2D eigenvalue weighted by Crippen LogP contribution is -2.37. The van der Waals surface area contributed by atoms with Crippen molar-refractivity contribution < 1.29 is 23.9 Å². The van der Waals surface area contributed by atoms with Gasteiger partial charge in [0.15, 0.2) is 6.61 Å². The average Bonchev–Trinajstić information content (AvgIpc) is 2.67. The highest BCUT2D eigenvalue weighted by Gasteiger charge is 2.13. The third-order valence-corrected chi connectivity index (χ3v) is 3.89. The van der Waals surface area contributed by atoms with Crippen LogP contribution in [0.15, 0.2) is 42.5 Å². The molecule has 7 nitrogen and oxygen atoms in total. The van der Waals surface area contributed by atoms with Gasteiger partial charge < -0.3 is 14.8 Å². The molecular formula is C22H26N2O5. The first kappa shape index (κ1) is 21.9. The maximum absolute atomic E-state index is 12.0. The first-order chi connectivity index (χ1) is 13.7. The number of urea groups is 1. The molecule has 0 aliphatic heterocycles. The fourth-order valence-electron chi connectivity index (χ4n) is 2.43. The smallest absolute Gasteiger partial charge is 0.338 e. The van der Waals surface area contributed by atoms with Gasteiger partial charge >= 0.3 is 12.0 Å². The molecule has 7 heteroatoms. The van der Waals surface area contributed by atoms with Gasteiger partial charge in [0.05, 0.1) is 12.2 Å². The first-order valence-corrected chi connectivity index (χ1v) is 9.32. The van der Waals surface area contributed by atoms with Crippen molar-refractivity contribution in [2.24, 2.45) is 5.92 Å². The molecule has 0 heterocycles. The van der Waals surface area contributed by atoms with E-state index in [0.717, 1.165) is 11.1 Å². The van der Waals surface area contributed by atoms with Gasteiger partial charge in [-0.3, -0.25) is 10.1 Å². The second kappa shape index (κ2) is 10.3. The Morgan fingerprint density at radius 1 is 1.00 bits per heavy atom. The molecular weight excluding hydrogens is 372 g/mol. The zero-order chi connectivity index (χ0) is 21.4. The molecule has 0 saturated heterocycles. The highest BCUT2D eigenvalue weighted by Crippen LogP contribution is 2.16. The molecule has 154 valence electrons. The molecule has 0 fully saturated rings. The molecule has 3 amide bonds. The van der Waals surface area contributed by atoms with Gasteiger partial charge in [0.2, 0.25) is 0 Å². The predicted molar refractivity (Wildman–Crippen MR) is 110 cm³/mol. The van der Waals surface area contributed by atoms with E-state index in [9.17, 15) is 14.4 Å². The van der Waals surface area contributed by atoms with Gasteiger partial charge in [-0.1, -0.05) is 31.5 Å². The number of carbonyl (C=O) groups excluding carboxylic acids is 3. The van der Waals surface area contributed by atoms with Crippen molar-refractivity contribution in [1.82, 2.24) is 5.32 Å². The van der Waals surface area contributed by atoms with Crippen molar-refractivity contribution in [2.75, 3.05) is 18.5 Å². The number of hydrogen-bond acceptors (Lipinski definition) is 5. The molecule has 0 aliphatic carbocycles. The molecule has 2 aromatic carbocycles. The molecule has 0 saturated carbocycles. The largest absolute Gasteiger partial charge is 0.493 e. The number of rotatable bonds is 7. The number of amides is 3. The normalized spacial score (nSPS) is 10.4. The Kier molecular flexibility index (Phi) is 7.77. The minimum absolute atomic E-state index is 0.287. The molecule has 0 bridgehead atoms. The SMILES string of the molecule is Cc1ccc(NC(=O)NC(=O)COC(=O)c2ccc(OCC(C)C)cc2)c(C)c1. The Balaban J connectivity index is 1.79. The highest BCUT2D eigenvalue weighted by atomic mass is 16.5. The van der Waals surface area contributed by atoms with E-state index in [-0.39, 0.29) is 5.56 Å². The number of aryl methyl sites for hydroxylation is 2. The summed E-state index contributed by atoms with van der Waals surface area (Å²) in [6, 6.07) is 11.3. The third kappa shape index (κ3) is 7.29. The van der Waals surface area contributed by atoms with Gasteiger partial charge in [-0.05, 0) is 55.7 Å². The number of anilines is 1. The van der Waals surface area contributed by atoms with Gasteiger partial charge in [0.25, 0.3) is 5.91 Å². The molecule has 0 aliphatic rings. The Bertz CT molecular complexity index is 875. The number of carbonyl (C=O) groups is 3. The number of hydrogen-bond donors (Lipinski definition) is 2. The number of imide groups is 1. The number of ether oxygens (including phenoxy) is 2. The quantitative estimate of drug-likeness (QED) is 0.691. The van der Waals surface area contributed by atoms with Crippen LogP contribution in [0.2, 0.25) is 0 Å². The van der Waals surface area contributed by atoms with Crippen molar-refractivity contribution in [1.29, 1.82) is 0 Å². The van der Waals surface area contributed by atoms with Crippen molar-refractivity contribution in [3.05, 3.63) is 59.2 Å². The Hall–Kier alpha value is -3.35. The molecule has 0 unspecified atom stereocenters. The lowest BCUT2D eigenvalue weighted by molar-refractivity contribution is -0.123. The summed E-state index contributed by atoms with van der Waals surface area (Å²) < 4.78 is 10.5. The summed E-state index contributed by atoms with van der Waals surface area (Å²) in [5.74, 6) is -0.343. The van der Waals surface area contributed by atoms with E-state index in [2.05, 4.69) is 10.6 Å². The number of nitrogens with one attached hydrogen (secondary N) is 2. The highest BCUT2D eigenvalue weighted by molar-refractivity contribution is 6.02. The van der Waals surface area contributed by atoms with E-state index in [1.165, 1.54) is 0 Å². The molecule has 0 aromatic heterocycles. The van der Waals surface area contributed by atoms with E-state index < -0.39 is 24.5 Å². The van der Waals surface area contributed by atoms with E-state index in [1.54, 1.807) is 30.3 Å². The average molecular weight is 398 g/mol. The summed E-state index contributed by atoms with van der Waals surface area (Å²) in [5, 5.41) is 4.72. The van der Waals surface area contributed by atoms with E-state index in [1.807, 2.05) is 39.8 Å². The van der Waals surface area contributed by atoms with E-state index in [4.69, 9.17) is 9.47 Å². The van der Waals surface area contributed by atoms with Gasteiger partial charge in [0.1, 0.15) is 5.75 Å². The van der Waals surface area contributed by atoms with Gasteiger partial charge in [-0.25, -0.2) is 9.59 Å². The van der Waals surface area contributed by atoms with Crippen LogP contribution in [-0.2, 0) is 9.53 Å². The Morgan fingerprint density at radius 2 is 1.69 bits per heavy atom. The van der Waals surface area contributed by atoms with Crippen LogP contribution in [0.4, 0.5) is 10.5 Å². The third-order valence-electron chi connectivity index (χ3n) is 3.89. The van der Waals surface area contributed by atoms with Crippen molar-refractivity contribution in [3.8, 4) is 5.75 Å². The maximum Gasteiger partial charge on any atom is 0.338 e. The second-order valence-electron chi connectivity index (χ2n) is 7.13. The topological polar surface area (TPSA) is 93.7 Å². The Morgan fingerprint density at radius 3 is 2.31 bits per heavy atom. The predicted octanol–water partition coefficient (Wildman–Crippen LogP) is 3.84. The molecule has 0 radical (unpaired) electrons. The van der Waals surface area contributed by atoms with Crippen molar-refractivity contribution >= 4 is 23.6 Å². The molecule has 2 rings (SSSR count). The summed E-state index contributed by atoms with van der Waals surface area (Å²) in [6.07, 6.45) is 0. The zero-order valence-electron chi connectivity index (χ0n) is 17.1. The molecule has 0 spiro atoms. The summed E-state index contributed by atoms with van der Waals surface area (Å²) in [4.78, 5) is 35.8. The van der Waals surface area contributed by atoms with E-state index in [0.29, 0.717) is 24.0 Å². The Labute approximate surface area is 170 Å². The van der Waals surface area contributed by atoms with Gasteiger partial charge in [-0.15, -0.1) is 0 Å². The van der Waals surface area contributed by atoms with Gasteiger partial charge in [0, 0.05) is 5.69 Å². The van der Waals surface area contributed by atoms with E-state index >= 15 is 0 Å². The first-order valence-electron chi connectivity index (χ1n) is 9.32. The van der Waals surface area contributed by atoms with Crippen LogP contribution in [0, 0.1) is 19.8 Å². The van der Waals surface area contributed by atoms with Crippen LogP contribution in [0.25, 0.3) is 0 Å². The fraction of sp³-hybridized carbons (Fsp3) is 0.318. The number of benzene rings is 2. The van der Waals surface area contributed by atoms with Crippen LogP contribution < -0.4 is 15.4 Å². The van der Waals surface area contributed by atoms with Crippen LogP contribution in [0.1, 0.15) is 35.3 Å². The summed E-state index contributed by atoms with van der Waals surface area (Å²) >= 11 is 0. The molecule has 29 heavy (non-hydrogen) atoms. The fourth-order valence-corrected chi connectivity index (χ4v) is 2.43. The minimum atomic E-state index is -0.725. The summed E-state index contributed by atoms with van der Waals surface area (Å²) in [6.45, 7) is 7.89. The molecule has 0 atom stereocenters. The van der Waals surface area contributed by atoms with Gasteiger partial charge in [-0.2, -0.15) is 0 Å². The zero-order valence-corrected chi connectivity index (χ0v) is 17.1. The van der Waals surface area contributed by atoms with Crippen LogP contribution in [-0.4, -0.2) is 31.1 Å².